The maximum Gasteiger partial charge on any atom is 0.226 e. The van der Waals surface area contributed by atoms with Crippen LogP contribution in [0, 0.1) is 5.41 Å². The van der Waals surface area contributed by atoms with Crippen molar-refractivity contribution in [2.45, 2.75) is 40.0 Å². The molecule has 3 nitrogen and oxygen atoms in total. The Bertz CT molecular complexity index is 413. The molecule has 0 fully saturated rings. The zero-order valence-electron chi connectivity index (χ0n) is 12.0. The van der Waals surface area contributed by atoms with Gasteiger partial charge in [-0.2, -0.15) is 0 Å². The highest BCUT2D eigenvalue weighted by molar-refractivity contribution is 5.99. The van der Waals surface area contributed by atoms with Gasteiger partial charge in [0.25, 0.3) is 0 Å². The second-order valence-electron chi connectivity index (χ2n) is 4.81. The van der Waals surface area contributed by atoms with E-state index in [1.54, 1.807) is 12.1 Å². The smallest absolute Gasteiger partial charge is 0.226 e. The minimum absolute atomic E-state index is 0.00992. The van der Waals surface area contributed by atoms with Crippen LogP contribution in [0.4, 0.5) is 0 Å². The summed E-state index contributed by atoms with van der Waals surface area (Å²) in [6.45, 7) is 6.13. The van der Waals surface area contributed by atoms with Crippen molar-refractivity contribution in [2.24, 2.45) is 5.41 Å². The molecule has 19 heavy (non-hydrogen) atoms. The monoisotopic (exact) mass is 261 g/mol. The first-order valence-electron chi connectivity index (χ1n) is 6.96. The van der Waals surface area contributed by atoms with E-state index < -0.39 is 0 Å². The molecule has 3 heteroatoms. The van der Waals surface area contributed by atoms with Crippen LogP contribution >= 0.6 is 0 Å². The van der Waals surface area contributed by atoms with Crippen LogP contribution in [-0.2, 0) is 4.79 Å². The van der Waals surface area contributed by atoms with Gasteiger partial charge in [0.15, 0.2) is 5.78 Å². The molecular weight excluding hydrogens is 238 g/mol. The van der Waals surface area contributed by atoms with Gasteiger partial charge in [0.2, 0.25) is 5.91 Å². The van der Waals surface area contributed by atoms with E-state index in [0.29, 0.717) is 5.56 Å². The Morgan fingerprint density at radius 3 is 2.00 bits per heavy atom. The average Bonchev–Trinajstić information content (AvgIpc) is 2.48. The van der Waals surface area contributed by atoms with E-state index in [4.69, 9.17) is 0 Å². The van der Waals surface area contributed by atoms with Gasteiger partial charge in [-0.1, -0.05) is 51.1 Å². The van der Waals surface area contributed by atoms with Crippen molar-refractivity contribution in [3.05, 3.63) is 35.9 Å². The Hall–Kier alpha value is -1.64. The second-order valence-corrected chi connectivity index (χ2v) is 4.81. The van der Waals surface area contributed by atoms with Gasteiger partial charge < -0.3 is 5.32 Å². The first-order valence-corrected chi connectivity index (χ1v) is 6.96. The van der Waals surface area contributed by atoms with E-state index in [1.807, 2.05) is 39.0 Å². The van der Waals surface area contributed by atoms with Crippen LogP contribution in [0.1, 0.15) is 50.4 Å². The van der Waals surface area contributed by atoms with Crippen molar-refractivity contribution in [3.8, 4) is 0 Å². The minimum Gasteiger partial charge on any atom is -0.348 e. The molecule has 0 aliphatic heterocycles. The third kappa shape index (κ3) is 3.66. The van der Waals surface area contributed by atoms with Crippen molar-refractivity contribution in [3.63, 3.8) is 0 Å². The summed E-state index contributed by atoms with van der Waals surface area (Å²) >= 11 is 0. The summed E-state index contributed by atoms with van der Waals surface area (Å²) < 4.78 is 0. The first-order chi connectivity index (χ1) is 9.09. The van der Waals surface area contributed by atoms with Crippen molar-refractivity contribution < 1.29 is 9.59 Å². The van der Waals surface area contributed by atoms with Crippen LogP contribution in [0.5, 0.6) is 0 Å². The lowest BCUT2D eigenvalue weighted by Crippen LogP contribution is -2.42. The number of benzene rings is 1. The van der Waals surface area contributed by atoms with Crippen LogP contribution in [0.25, 0.3) is 0 Å². The molecule has 0 saturated heterocycles. The number of amides is 1. The standard InChI is InChI=1S/C16H23NO2/c1-4-16(5-2,6-3)15(19)17-12-14(18)13-10-8-7-9-11-13/h7-11H,4-6,12H2,1-3H3,(H,17,19). The van der Waals surface area contributed by atoms with Crippen LogP contribution in [-0.4, -0.2) is 18.2 Å². The molecule has 1 amide bonds. The molecule has 0 spiro atoms. The van der Waals surface area contributed by atoms with Crippen LogP contribution < -0.4 is 5.32 Å². The zero-order chi connectivity index (χ0) is 14.3. The maximum absolute atomic E-state index is 12.2. The summed E-state index contributed by atoms with van der Waals surface area (Å²) in [5, 5.41) is 2.79. The molecule has 104 valence electrons. The van der Waals surface area contributed by atoms with E-state index in [0.717, 1.165) is 19.3 Å². The van der Waals surface area contributed by atoms with Gasteiger partial charge in [-0.25, -0.2) is 0 Å². The molecule has 1 aromatic carbocycles. The maximum atomic E-state index is 12.2. The summed E-state index contributed by atoms with van der Waals surface area (Å²) in [6, 6.07) is 9.04. The largest absolute Gasteiger partial charge is 0.348 e. The Labute approximate surface area is 115 Å². The van der Waals surface area contributed by atoms with Crippen LogP contribution in [0.3, 0.4) is 0 Å². The third-order valence-corrected chi connectivity index (χ3v) is 4.02. The van der Waals surface area contributed by atoms with Gasteiger partial charge >= 0.3 is 0 Å². The molecule has 0 aromatic heterocycles. The molecule has 0 aliphatic carbocycles. The predicted molar refractivity (Wildman–Crippen MR) is 77.1 cm³/mol. The Morgan fingerprint density at radius 1 is 1.00 bits per heavy atom. The fourth-order valence-corrected chi connectivity index (χ4v) is 2.31. The van der Waals surface area contributed by atoms with Crippen molar-refractivity contribution in [2.75, 3.05) is 6.54 Å². The molecular formula is C16H23NO2. The summed E-state index contributed by atoms with van der Waals surface area (Å²) in [6.07, 6.45) is 2.39. The highest BCUT2D eigenvalue weighted by Crippen LogP contribution is 2.30. The lowest BCUT2D eigenvalue weighted by Gasteiger charge is -2.28. The molecule has 0 bridgehead atoms. The van der Waals surface area contributed by atoms with E-state index in [-0.39, 0.29) is 23.7 Å². The highest BCUT2D eigenvalue weighted by atomic mass is 16.2. The Balaban J connectivity index is 2.62. The lowest BCUT2D eigenvalue weighted by molar-refractivity contribution is -0.131. The van der Waals surface area contributed by atoms with Crippen molar-refractivity contribution in [1.29, 1.82) is 0 Å². The minimum atomic E-state index is -0.336. The molecule has 0 unspecified atom stereocenters. The number of carbonyl (C=O) groups is 2. The number of rotatable bonds is 7. The number of hydrogen-bond acceptors (Lipinski definition) is 2. The van der Waals surface area contributed by atoms with Gasteiger partial charge in [-0.3, -0.25) is 9.59 Å². The summed E-state index contributed by atoms with van der Waals surface area (Å²) in [5.41, 5.74) is 0.301. The Kier molecular flexibility index (Phi) is 5.74. The first kappa shape index (κ1) is 15.4. The average molecular weight is 261 g/mol. The molecule has 1 N–H and O–H groups in total. The summed E-state index contributed by atoms with van der Waals surface area (Å²) in [4.78, 5) is 24.2. The van der Waals surface area contributed by atoms with Gasteiger partial charge in [-0.15, -0.1) is 0 Å². The topological polar surface area (TPSA) is 46.2 Å². The summed E-state index contributed by atoms with van der Waals surface area (Å²) in [7, 11) is 0. The number of hydrogen-bond donors (Lipinski definition) is 1. The van der Waals surface area contributed by atoms with Crippen LogP contribution in [0.15, 0.2) is 30.3 Å². The molecule has 0 aliphatic rings. The number of carbonyl (C=O) groups excluding carboxylic acids is 2. The van der Waals surface area contributed by atoms with Crippen molar-refractivity contribution in [1.82, 2.24) is 5.32 Å². The van der Waals surface area contributed by atoms with Gasteiger partial charge in [-0.05, 0) is 19.3 Å². The van der Waals surface area contributed by atoms with Gasteiger partial charge in [0.05, 0.1) is 6.54 Å². The van der Waals surface area contributed by atoms with E-state index in [1.165, 1.54) is 0 Å². The normalized spacial score (nSPS) is 11.1. The van der Waals surface area contributed by atoms with Crippen LogP contribution in [0.2, 0.25) is 0 Å². The second kappa shape index (κ2) is 7.07. The van der Waals surface area contributed by atoms with Gasteiger partial charge in [0, 0.05) is 11.0 Å². The highest BCUT2D eigenvalue weighted by Gasteiger charge is 2.32. The predicted octanol–water partition coefficient (Wildman–Crippen LogP) is 3.20. The SMILES string of the molecule is CCC(CC)(CC)C(=O)NCC(=O)c1ccccc1. The molecule has 0 atom stereocenters. The van der Waals surface area contributed by atoms with Gasteiger partial charge in [0.1, 0.15) is 0 Å². The fourth-order valence-electron chi connectivity index (χ4n) is 2.31. The lowest BCUT2D eigenvalue weighted by atomic mass is 9.79. The van der Waals surface area contributed by atoms with E-state index in [9.17, 15) is 9.59 Å². The number of nitrogens with one attached hydrogen (secondary N) is 1. The van der Waals surface area contributed by atoms with E-state index in [2.05, 4.69) is 5.32 Å². The zero-order valence-corrected chi connectivity index (χ0v) is 12.0. The summed E-state index contributed by atoms with van der Waals surface area (Å²) in [5.74, 6) is -0.0598. The molecule has 1 aromatic rings. The molecule has 0 saturated carbocycles. The molecule has 0 radical (unpaired) electrons. The number of Topliss-reactive ketones (excluding diaryl/α,β-unsaturated/α-hetero) is 1. The fraction of sp³-hybridized carbons (Fsp3) is 0.500. The van der Waals surface area contributed by atoms with Crippen molar-refractivity contribution >= 4 is 11.7 Å². The molecule has 0 heterocycles. The third-order valence-electron chi connectivity index (χ3n) is 4.02. The Morgan fingerprint density at radius 2 is 1.53 bits per heavy atom. The molecule has 1 rings (SSSR count). The van der Waals surface area contributed by atoms with E-state index >= 15 is 0 Å². The quantitative estimate of drug-likeness (QED) is 0.766. The number of ketones is 1.